The van der Waals surface area contributed by atoms with E-state index in [-0.39, 0.29) is 12.1 Å². The second-order valence-corrected chi connectivity index (χ2v) is 15.9. The summed E-state index contributed by atoms with van der Waals surface area (Å²) in [4.78, 5) is 23.4. The summed E-state index contributed by atoms with van der Waals surface area (Å²) in [5.41, 5.74) is 17.8. The Labute approximate surface area is 353 Å². The molecule has 0 radical (unpaired) electrons. The lowest BCUT2D eigenvalue weighted by Gasteiger charge is -2.35. The van der Waals surface area contributed by atoms with Gasteiger partial charge in [0.1, 0.15) is 58.7 Å². The van der Waals surface area contributed by atoms with Crippen LogP contribution in [-0.4, -0.2) is 88.6 Å². The van der Waals surface area contributed by atoms with Crippen LogP contribution in [0.2, 0.25) is 0 Å². The zero-order valence-corrected chi connectivity index (χ0v) is 33.9. The first kappa shape index (κ1) is 38.3. The van der Waals surface area contributed by atoms with Crippen molar-refractivity contribution in [2.24, 2.45) is 0 Å². The van der Waals surface area contributed by atoms with Crippen molar-refractivity contribution in [2.45, 2.75) is 44.2 Å². The smallest absolute Gasteiger partial charge is 0.164 e. The fraction of sp³-hybridized carbons (Fsp3) is 0.277. The summed E-state index contributed by atoms with van der Waals surface area (Å²) in [6.45, 7) is 5.84. The van der Waals surface area contributed by atoms with Crippen LogP contribution in [0.15, 0.2) is 122 Å². The molecule has 4 aromatic carbocycles. The molecule has 2 fully saturated rings. The third-order valence-electron chi connectivity index (χ3n) is 11.9. The summed E-state index contributed by atoms with van der Waals surface area (Å²) in [5.74, 6) is 3.72. The summed E-state index contributed by atoms with van der Waals surface area (Å²) in [6, 6.07) is 35.7. The number of nitrogen functional groups attached to an aromatic ring is 2. The number of likely N-dealkylation sites (tertiary alicyclic amines) is 2. The van der Waals surface area contributed by atoms with Gasteiger partial charge in [0.25, 0.3) is 0 Å². The Bertz CT molecular complexity index is 2590. The Hall–Kier alpha value is -6.90. The molecule has 2 aliphatic rings. The number of benzene rings is 4. The second kappa shape index (κ2) is 17.0. The number of hydrogen-bond acceptors (Lipinski definition) is 12. The molecule has 0 unspecified atom stereocenters. The van der Waals surface area contributed by atoms with Crippen LogP contribution in [0.25, 0.3) is 44.6 Å². The van der Waals surface area contributed by atoms with Gasteiger partial charge in [-0.1, -0.05) is 60.7 Å². The molecule has 0 spiro atoms. The lowest BCUT2D eigenvalue weighted by molar-refractivity contribution is 0.141. The van der Waals surface area contributed by atoms with Gasteiger partial charge in [-0.3, -0.25) is 0 Å². The summed E-state index contributed by atoms with van der Waals surface area (Å²) < 4.78 is 16.9. The zero-order valence-electron chi connectivity index (χ0n) is 33.9. The molecule has 0 aliphatic carbocycles. The Morgan fingerprint density at radius 3 is 1.41 bits per heavy atom. The van der Waals surface area contributed by atoms with E-state index in [2.05, 4.69) is 29.1 Å². The Morgan fingerprint density at radius 1 is 0.525 bits per heavy atom. The average molecular weight is 813 g/mol. The minimum Gasteiger partial charge on any atom is -0.457 e. The molecule has 0 bridgehead atoms. The summed E-state index contributed by atoms with van der Waals surface area (Å²) >= 11 is 0. The first-order valence-corrected chi connectivity index (χ1v) is 21.1. The van der Waals surface area contributed by atoms with E-state index in [1.807, 2.05) is 109 Å². The largest absolute Gasteiger partial charge is 0.457 e. The van der Waals surface area contributed by atoms with Crippen molar-refractivity contribution < 1.29 is 9.47 Å². The maximum atomic E-state index is 6.56. The van der Waals surface area contributed by atoms with Crippen LogP contribution in [0, 0.1) is 0 Å². The van der Waals surface area contributed by atoms with E-state index >= 15 is 0 Å². The Kier molecular flexibility index (Phi) is 10.7. The number of nitrogens with two attached hydrogens (primary N) is 2. The van der Waals surface area contributed by atoms with Crippen molar-refractivity contribution in [3.63, 3.8) is 0 Å². The lowest BCUT2D eigenvalue weighted by atomic mass is 10.0. The summed E-state index contributed by atoms with van der Waals surface area (Å²) in [7, 11) is 0. The van der Waals surface area contributed by atoms with E-state index in [0.29, 0.717) is 23.1 Å². The van der Waals surface area contributed by atoms with Gasteiger partial charge >= 0.3 is 0 Å². The number of aromatic nitrogens is 8. The van der Waals surface area contributed by atoms with Crippen LogP contribution in [-0.2, 0) is 0 Å². The van der Waals surface area contributed by atoms with Gasteiger partial charge in [0, 0.05) is 24.2 Å². The van der Waals surface area contributed by atoms with E-state index in [9.17, 15) is 0 Å². The molecule has 0 saturated carbocycles. The number of para-hydroxylation sites is 4. The van der Waals surface area contributed by atoms with Crippen LogP contribution in [0.4, 0.5) is 11.6 Å². The number of piperidine rings is 2. The van der Waals surface area contributed by atoms with E-state index in [4.69, 9.17) is 41.1 Å². The standard InChI is InChI=1S/C47H48N12O2/c48-44-40-42(36-20-7-9-22-38(36)60-34-16-3-1-4-17-34)54-58(46(40)52-30-50-44)32-14-11-24-56(28-32)26-13-27-57-25-12-15-33(29-57)59-47-41(45(49)51-31-53-47)43(55-59)37-21-8-10-23-39(37)61-35-18-5-2-6-19-35/h1-10,16-23,30-33H,11-15,24-29H2,(H2,48,50,52)(H2,49,51,53)/t32-,33-/m1/s1. The molecule has 2 aliphatic heterocycles. The van der Waals surface area contributed by atoms with Crippen LogP contribution >= 0.6 is 0 Å². The fourth-order valence-electron chi connectivity index (χ4n) is 9.00. The van der Waals surface area contributed by atoms with E-state index in [0.717, 1.165) is 127 Å². The minimum atomic E-state index is 0.140. The SMILES string of the molecule is Nc1ncnc2c1c(-c1ccccc1Oc1ccccc1)nn2[C@@H]1CCCN(CCCN2CCC[C@@H](n3nc(-c4ccccc4Oc4ccccc4)c4c(N)ncnc43)C2)C1. The fourth-order valence-corrected chi connectivity index (χ4v) is 9.00. The van der Waals surface area contributed by atoms with Gasteiger partial charge in [0.15, 0.2) is 11.3 Å². The molecule has 8 aromatic rings. The molecule has 6 heterocycles. The first-order chi connectivity index (χ1) is 30.1. The van der Waals surface area contributed by atoms with Crippen molar-refractivity contribution >= 4 is 33.7 Å². The van der Waals surface area contributed by atoms with Gasteiger partial charge in [-0.05, 0) is 107 Å². The lowest BCUT2D eigenvalue weighted by Crippen LogP contribution is -2.41. The highest BCUT2D eigenvalue weighted by Gasteiger charge is 2.30. The average Bonchev–Trinajstić information content (AvgIpc) is 3.89. The molecule has 4 N–H and O–H groups in total. The first-order valence-electron chi connectivity index (χ1n) is 21.1. The number of hydrogen-bond donors (Lipinski definition) is 2. The normalized spacial score (nSPS) is 17.5. The highest BCUT2D eigenvalue weighted by atomic mass is 16.5. The Morgan fingerprint density at radius 2 is 0.951 bits per heavy atom. The van der Waals surface area contributed by atoms with Gasteiger partial charge in [0.05, 0.1) is 22.9 Å². The van der Waals surface area contributed by atoms with Gasteiger partial charge in [-0.25, -0.2) is 29.3 Å². The molecule has 2 saturated heterocycles. The summed E-state index contributed by atoms with van der Waals surface area (Å²) in [5, 5.41) is 12.0. The number of fused-ring (bicyclic) bond motifs is 2. The number of rotatable bonds is 12. The number of anilines is 2. The molecule has 2 atom stereocenters. The number of ether oxygens (including phenoxy) is 2. The second-order valence-electron chi connectivity index (χ2n) is 15.9. The molecule has 4 aromatic heterocycles. The van der Waals surface area contributed by atoms with Crippen molar-refractivity contribution in [1.29, 1.82) is 0 Å². The van der Waals surface area contributed by atoms with E-state index < -0.39 is 0 Å². The summed E-state index contributed by atoms with van der Waals surface area (Å²) in [6.07, 6.45) is 8.27. The van der Waals surface area contributed by atoms with Crippen molar-refractivity contribution in [2.75, 3.05) is 50.7 Å². The van der Waals surface area contributed by atoms with Crippen molar-refractivity contribution in [3.8, 4) is 45.5 Å². The topological polar surface area (TPSA) is 164 Å². The van der Waals surface area contributed by atoms with E-state index in [1.54, 1.807) is 0 Å². The van der Waals surface area contributed by atoms with Crippen molar-refractivity contribution in [1.82, 2.24) is 49.3 Å². The predicted molar refractivity (Wildman–Crippen MR) is 237 cm³/mol. The third kappa shape index (κ3) is 7.83. The minimum absolute atomic E-state index is 0.140. The maximum Gasteiger partial charge on any atom is 0.164 e. The maximum absolute atomic E-state index is 6.56. The number of nitrogens with zero attached hydrogens (tertiary/aromatic N) is 10. The van der Waals surface area contributed by atoms with Crippen LogP contribution in [0.5, 0.6) is 23.0 Å². The Balaban J connectivity index is 0.834. The molecule has 0 amide bonds. The molecular formula is C47H48N12O2. The third-order valence-corrected chi connectivity index (χ3v) is 11.9. The zero-order chi connectivity index (χ0) is 41.1. The highest BCUT2D eigenvalue weighted by Crippen LogP contribution is 2.41. The van der Waals surface area contributed by atoms with E-state index in [1.165, 1.54) is 12.7 Å². The van der Waals surface area contributed by atoms with Crippen LogP contribution < -0.4 is 20.9 Å². The molecule has 14 heteroatoms. The monoisotopic (exact) mass is 812 g/mol. The molecule has 308 valence electrons. The molecular weight excluding hydrogens is 765 g/mol. The predicted octanol–water partition coefficient (Wildman–Crippen LogP) is 8.41. The van der Waals surface area contributed by atoms with Crippen LogP contribution in [0.1, 0.15) is 44.2 Å². The highest BCUT2D eigenvalue weighted by molar-refractivity contribution is 6.00. The van der Waals surface area contributed by atoms with Crippen LogP contribution in [0.3, 0.4) is 0 Å². The molecule has 10 rings (SSSR count). The van der Waals surface area contributed by atoms with Gasteiger partial charge in [-0.15, -0.1) is 0 Å². The van der Waals surface area contributed by atoms with Crippen molar-refractivity contribution in [3.05, 3.63) is 122 Å². The van der Waals surface area contributed by atoms with Gasteiger partial charge < -0.3 is 30.7 Å². The quantitative estimate of drug-likeness (QED) is 0.121. The van der Waals surface area contributed by atoms with Gasteiger partial charge in [0.2, 0.25) is 0 Å². The molecule has 61 heavy (non-hydrogen) atoms. The van der Waals surface area contributed by atoms with Gasteiger partial charge in [-0.2, -0.15) is 10.2 Å². The molecule has 14 nitrogen and oxygen atoms in total.